The highest BCUT2D eigenvalue weighted by Crippen LogP contribution is 2.20. The van der Waals surface area contributed by atoms with Gasteiger partial charge in [0.1, 0.15) is 5.65 Å². The number of nitrogens with zero attached hydrogens (tertiary/aromatic N) is 6. The lowest BCUT2D eigenvalue weighted by molar-refractivity contribution is -0.118. The van der Waals surface area contributed by atoms with Gasteiger partial charge in [-0.15, -0.1) is 0 Å². The van der Waals surface area contributed by atoms with Crippen LogP contribution in [0.1, 0.15) is 6.42 Å². The highest BCUT2D eigenvalue weighted by atomic mass is 16.1. The summed E-state index contributed by atoms with van der Waals surface area (Å²) < 4.78 is 3.60. The molecule has 0 saturated heterocycles. The summed E-state index contributed by atoms with van der Waals surface area (Å²) in [4.78, 5) is 24.2. The van der Waals surface area contributed by atoms with E-state index >= 15 is 0 Å². The molecule has 0 saturated carbocycles. The molecule has 4 aromatic heterocycles. The Hall–Kier alpha value is -3.49. The number of pyridine rings is 1. The number of nitrogens with two attached hydrogens (primary N) is 1. The van der Waals surface area contributed by atoms with E-state index < -0.39 is 0 Å². The Morgan fingerprint density at radius 2 is 2.08 bits per heavy atom. The van der Waals surface area contributed by atoms with E-state index in [0.29, 0.717) is 12.5 Å². The van der Waals surface area contributed by atoms with Gasteiger partial charge in [-0.3, -0.25) is 9.48 Å². The SMILES string of the molecule is Cn1ncc2cc(Nc3ncc4ccn(CCC(N)=O)c4n3)cnc21. The zero-order chi connectivity index (χ0) is 17.4. The Kier molecular flexibility index (Phi) is 3.53. The van der Waals surface area contributed by atoms with Gasteiger partial charge < -0.3 is 15.6 Å². The van der Waals surface area contributed by atoms with Gasteiger partial charge in [-0.05, 0) is 12.1 Å². The van der Waals surface area contributed by atoms with Crippen molar-refractivity contribution in [3.05, 3.63) is 36.9 Å². The first-order chi connectivity index (χ1) is 12.1. The van der Waals surface area contributed by atoms with E-state index in [9.17, 15) is 4.79 Å². The number of amides is 1. The zero-order valence-electron chi connectivity index (χ0n) is 13.5. The number of anilines is 2. The van der Waals surface area contributed by atoms with E-state index in [2.05, 4.69) is 25.4 Å². The number of aromatic nitrogens is 6. The Morgan fingerprint density at radius 3 is 2.92 bits per heavy atom. The molecule has 4 heterocycles. The number of aryl methyl sites for hydroxylation is 2. The van der Waals surface area contributed by atoms with Crippen LogP contribution < -0.4 is 11.1 Å². The number of primary amides is 1. The lowest BCUT2D eigenvalue weighted by Crippen LogP contribution is -2.13. The molecule has 0 radical (unpaired) electrons. The molecule has 0 bridgehead atoms. The van der Waals surface area contributed by atoms with E-state index in [1.54, 1.807) is 23.3 Å². The van der Waals surface area contributed by atoms with Crippen LogP contribution in [0.4, 0.5) is 11.6 Å². The first kappa shape index (κ1) is 15.1. The summed E-state index contributed by atoms with van der Waals surface area (Å²) in [5.74, 6) is 0.113. The van der Waals surface area contributed by atoms with E-state index in [0.717, 1.165) is 27.8 Å². The Morgan fingerprint density at radius 1 is 1.20 bits per heavy atom. The molecule has 0 aliphatic rings. The molecule has 9 heteroatoms. The van der Waals surface area contributed by atoms with E-state index in [-0.39, 0.29) is 12.3 Å². The molecular weight excluding hydrogens is 320 g/mol. The number of nitrogens with one attached hydrogen (secondary N) is 1. The van der Waals surface area contributed by atoms with Crippen molar-refractivity contribution >= 4 is 39.6 Å². The Labute approximate surface area is 142 Å². The predicted octanol–water partition coefficient (Wildman–Crippen LogP) is 1.33. The van der Waals surface area contributed by atoms with Gasteiger partial charge in [-0.2, -0.15) is 10.1 Å². The fourth-order valence-corrected chi connectivity index (χ4v) is 2.68. The number of carbonyl (C=O) groups is 1. The minimum absolute atomic E-state index is 0.262. The van der Waals surface area contributed by atoms with Crippen molar-refractivity contribution in [1.29, 1.82) is 0 Å². The molecule has 4 aromatic rings. The maximum atomic E-state index is 11.0. The van der Waals surface area contributed by atoms with Crippen LogP contribution in [0.2, 0.25) is 0 Å². The molecule has 0 unspecified atom stereocenters. The maximum absolute atomic E-state index is 11.0. The Balaban J connectivity index is 1.63. The van der Waals surface area contributed by atoms with E-state index in [4.69, 9.17) is 5.73 Å². The predicted molar refractivity (Wildman–Crippen MR) is 93.1 cm³/mol. The summed E-state index contributed by atoms with van der Waals surface area (Å²) in [6, 6.07) is 3.85. The molecule has 9 nitrogen and oxygen atoms in total. The molecule has 4 rings (SSSR count). The van der Waals surface area contributed by atoms with Crippen molar-refractivity contribution in [2.24, 2.45) is 12.8 Å². The van der Waals surface area contributed by atoms with Crippen molar-refractivity contribution in [3.8, 4) is 0 Å². The second-order valence-corrected chi connectivity index (χ2v) is 5.73. The molecule has 0 aliphatic carbocycles. The summed E-state index contributed by atoms with van der Waals surface area (Å²) in [6.45, 7) is 0.485. The van der Waals surface area contributed by atoms with E-state index in [1.807, 2.05) is 29.9 Å². The average molecular weight is 336 g/mol. The summed E-state index contributed by atoms with van der Waals surface area (Å²) in [6.07, 6.45) is 7.34. The second kappa shape index (κ2) is 5.86. The molecule has 0 aliphatic heterocycles. The molecule has 0 spiro atoms. The molecule has 126 valence electrons. The lowest BCUT2D eigenvalue weighted by atomic mass is 10.3. The van der Waals surface area contributed by atoms with Crippen LogP contribution in [0.5, 0.6) is 0 Å². The third-order valence-electron chi connectivity index (χ3n) is 3.93. The molecular formula is C16H16N8O. The van der Waals surface area contributed by atoms with Crippen LogP contribution in [-0.4, -0.2) is 35.2 Å². The fourth-order valence-electron chi connectivity index (χ4n) is 2.68. The highest BCUT2D eigenvalue weighted by molar-refractivity contribution is 5.80. The van der Waals surface area contributed by atoms with Crippen molar-refractivity contribution in [2.75, 3.05) is 5.32 Å². The number of fused-ring (bicyclic) bond motifs is 2. The number of hydrogen-bond donors (Lipinski definition) is 2. The molecule has 0 fully saturated rings. The second-order valence-electron chi connectivity index (χ2n) is 5.73. The first-order valence-corrected chi connectivity index (χ1v) is 7.75. The maximum Gasteiger partial charge on any atom is 0.229 e. The minimum atomic E-state index is -0.342. The Bertz CT molecular complexity index is 1080. The van der Waals surface area contributed by atoms with Gasteiger partial charge in [-0.1, -0.05) is 0 Å². The van der Waals surface area contributed by atoms with Gasteiger partial charge in [0.05, 0.1) is 18.1 Å². The monoisotopic (exact) mass is 336 g/mol. The van der Waals surface area contributed by atoms with Gasteiger partial charge in [0.2, 0.25) is 11.9 Å². The quantitative estimate of drug-likeness (QED) is 0.568. The third kappa shape index (κ3) is 2.87. The van der Waals surface area contributed by atoms with Crippen LogP contribution in [0.25, 0.3) is 22.1 Å². The number of hydrogen-bond acceptors (Lipinski definition) is 6. The van der Waals surface area contributed by atoms with Gasteiger partial charge in [-0.25, -0.2) is 9.97 Å². The molecule has 3 N–H and O–H groups in total. The standard InChI is InChI=1S/C16H16N8O/c1-23-14-11(8-20-23)6-12(9-18-14)21-16-19-7-10-2-4-24(15(10)22-16)5-3-13(17)25/h2,4,6-9H,3,5H2,1H3,(H2,17,25)(H,19,21,22). The number of carbonyl (C=O) groups excluding carboxylic acids is 1. The van der Waals surface area contributed by atoms with Gasteiger partial charge >= 0.3 is 0 Å². The van der Waals surface area contributed by atoms with Crippen molar-refractivity contribution in [3.63, 3.8) is 0 Å². The van der Waals surface area contributed by atoms with E-state index in [1.165, 1.54) is 0 Å². The fraction of sp³-hybridized carbons (Fsp3) is 0.188. The minimum Gasteiger partial charge on any atom is -0.370 e. The van der Waals surface area contributed by atoms with Gasteiger partial charge in [0.15, 0.2) is 5.65 Å². The van der Waals surface area contributed by atoms with Crippen LogP contribution in [-0.2, 0) is 18.4 Å². The summed E-state index contributed by atoms with van der Waals surface area (Å²) in [5.41, 5.74) is 7.55. The van der Waals surface area contributed by atoms with Crippen molar-refractivity contribution < 1.29 is 4.79 Å². The summed E-state index contributed by atoms with van der Waals surface area (Å²) >= 11 is 0. The highest BCUT2D eigenvalue weighted by Gasteiger charge is 2.08. The largest absolute Gasteiger partial charge is 0.370 e. The van der Waals surface area contributed by atoms with Gasteiger partial charge in [0, 0.05) is 43.2 Å². The molecule has 25 heavy (non-hydrogen) atoms. The van der Waals surface area contributed by atoms with Gasteiger partial charge in [0.25, 0.3) is 0 Å². The average Bonchev–Trinajstić information content (AvgIpc) is 3.16. The summed E-state index contributed by atoms with van der Waals surface area (Å²) in [5, 5.41) is 9.16. The van der Waals surface area contributed by atoms with Crippen LogP contribution in [0, 0.1) is 0 Å². The van der Waals surface area contributed by atoms with Crippen LogP contribution in [0.15, 0.2) is 36.9 Å². The molecule has 0 aromatic carbocycles. The van der Waals surface area contributed by atoms with Crippen LogP contribution in [0.3, 0.4) is 0 Å². The van der Waals surface area contributed by atoms with Crippen LogP contribution >= 0.6 is 0 Å². The molecule has 0 atom stereocenters. The third-order valence-corrected chi connectivity index (χ3v) is 3.93. The van der Waals surface area contributed by atoms with Crippen molar-refractivity contribution in [2.45, 2.75) is 13.0 Å². The first-order valence-electron chi connectivity index (χ1n) is 7.75. The zero-order valence-corrected chi connectivity index (χ0v) is 13.5. The normalized spacial score (nSPS) is 11.2. The summed E-state index contributed by atoms with van der Waals surface area (Å²) in [7, 11) is 1.85. The smallest absolute Gasteiger partial charge is 0.229 e. The number of rotatable bonds is 5. The molecule has 1 amide bonds. The topological polar surface area (TPSA) is 117 Å². The lowest BCUT2D eigenvalue weighted by Gasteiger charge is -2.06. The van der Waals surface area contributed by atoms with Crippen molar-refractivity contribution in [1.82, 2.24) is 29.3 Å².